The fourth-order valence-corrected chi connectivity index (χ4v) is 1.39. The summed E-state index contributed by atoms with van der Waals surface area (Å²) in [4.78, 5) is 14.1. The van der Waals surface area contributed by atoms with Gasteiger partial charge in [0.15, 0.2) is 6.29 Å². The molecule has 1 aromatic carbocycles. The topological polar surface area (TPSA) is 34.9 Å². The number of benzene rings is 1. The minimum Gasteiger partial charge on any atom is -0.332 e. The number of hydrogen-bond acceptors (Lipinski definition) is 2. The first kappa shape index (κ1) is 10.5. The molecule has 0 aliphatic carbocycles. The quantitative estimate of drug-likeness (QED) is 0.744. The molecule has 5 heteroatoms. The van der Waals surface area contributed by atoms with Crippen molar-refractivity contribution < 1.29 is 13.6 Å². The highest BCUT2D eigenvalue weighted by Gasteiger charge is 2.05. The number of halogens is 2. The molecule has 0 aliphatic rings. The molecular weight excluding hydrogens is 214 g/mol. The molecule has 82 valence electrons. The van der Waals surface area contributed by atoms with Gasteiger partial charge < -0.3 is 4.57 Å². The lowest BCUT2D eigenvalue weighted by molar-refractivity contribution is 0.111. The van der Waals surface area contributed by atoms with Crippen molar-refractivity contribution in [1.82, 2.24) is 9.55 Å². The minimum atomic E-state index is -0.493. The van der Waals surface area contributed by atoms with E-state index in [4.69, 9.17) is 0 Å². The predicted molar refractivity (Wildman–Crippen MR) is 53.1 cm³/mol. The van der Waals surface area contributed by atoms with Gasteiger partial charge in [0, 0.05) is 11.8 Å². The molecule has 0 fully saturated rings. The van der Waals surface area contributed by atoms with Crippen molar-refractivity contribution in [1.29, 1.82) is 0 Å². The van der Waals surface area contributed by atoms with Crippen LogP contribution in [0.2, 0.25) is 0 Å². The fourth-order valence-electron chi connectivity index (χ4n) is 1.39. The van der Waals surface area contributed by atoms with Gasteiger partial charge in [-0.25, -0.2) is 13.8 Å². The van der Waals surface area contributed by atoms with Crippen molar-refractivity contribution in [2.75, 3.05) is 0 Å². The van der Waals surface area contributed by atoms with Crippen LogP contribution < -0.4 is 0 Å². The van der Waals surface area contributed by atoms with Crippen molar-refractivity contribution in [2.45, 2.75) is 6.54 Å². The molecule has 1 heterocycles. The van der Waals surface area contributed by atoms with Gasteiger partial charge in [-0.05, 0) is 18.2 Å². The van der Waals surface area contributed by atoms with Gasteiger partial charge in [-0.1, -0.05) is 0 Å². The summed E-state index contributed by atoms with van der Waals surface area (Å²) >= 11 is 0. The van der Waals surface area contributed by atoms with Crippen LogP contribution in [0.15, 0.2) is 30.7 Å². The van der Waals surface area contributed by atoms with Crippen LogP contribution >= 0.6 is 0 Å². The Morgan fingerprint density at radius 2 is 2.19 bits per heavy atom. The molecule has 0 bridgehead atoms. The number of carbonyl (C=O) groups excluding carboxylic acids is 1. The van der Waals surface area contributed by atoms with Crippen molar-refractivity contribution in [2.24, 2.45) is 0 Å². The Hall–Kier alpha value is -2.04. The SMILES string of the molecule is O=Cc1cn(Cc2cc(F)ccc2F)cn1. The van der Waals surface area contributed by atoms with Crippen molar-refractivity contribution in [3.05, 3.63) is 53.6 Å². The molecule has 3 nitrogen and oxygen atoms in total. The van der Waals surface area contributed by atoms with Gasteiger partial charge in [0.2, 0.25) is 0 Å². The van der Waals surface area contributed by atoms with Gasteiger partial charge in [-0.3, -0.25) is 4.79 Å². The van der Waals surface area contributed by atoms with Crippen molar-refractivity contribution in [3.8, 4) is 0 Å². The monoisotopic (exact) mass is 222 g/mol. The first-order valence-corrected chi connectivity index (χ1v) is 4.60. The highest BCUT2D eigenvalue weighted by atomic mass is 19.1. The van der Waals surface area contributed by atoms with Crippen molar-refractivity contribution in [3.63, 3.8) is 0 Å². The number of aldehydes is 1. The third kappa shape index (κ3) is 2.13. The fraction of sp³-hybridized carbons (Fsp3) is 0.0909. The highest BCUT2D eigenvalue weighted by Crippen LogP contribution is 2.11. The summed E-state index contributed by atoms with van der Waals surface area (Å²) in [6.45, 7) is 0.143. The number of nitrogens with zero attached hydrogens (tertiary/aromatic N) is 2. The summed E-state index contributed by atoms with van der Waals surface area (Å²) in [6.07, 6.45) is 3.46. The third-order valence-corrected chi connectivity index (χ3v) is 2.13. The maximum Gasteiger partial charge on any atom is 0.169 e. The number of aromatic nitrogens is 2. The lowest BCUT2D eigenvalue weighted by Crippen LogP contribution is -2.00. The van der Waals surface area contributed by atoms with Crippen LogP contribution in [0, 0.1) is 11.6 Å². The van der Waals surface area contributed by atoms with Gasteiger partial charge in [-0.2, -0.15) is 0 Å². The Labute approximate surface area is 90.3 Å². The number of rotatable bonds is 3. The second-order valence-electron chi connectivity index (χ2n) is 3.32. The Balaban J connectivity index is 2.26. The Bertz CT molecular complexity index is 522. The predicted octanol–water partition coefficient (Wildman–Crippen LogP) is 2.02. The molecule has 2 aromatic rings. The second kappa shape index (κ2) is 4.22. The van der Waals surface area contributed by atoms with Gasteiger partial charge >= 0.3 is 0 Å². The Morgan fingerprint density at radius 3 is 2.88 bits per heavy atom. The van der Waals surface area contributed by atoms with E-state index in [0.717, 1.165) is 18.2 Å². The number of hydrogen-bond donors (Lipinski definition) is 0. The lowest BCUT2D eigenvalue weighted by Gasteiger charge is -2.03. The minimum absolute atomic E-state index is 0.143. The average Bonchev–Trinajstić information content (AvgIpc) is 2.71. The Morgan fingerprint density at radius 1 is 1.38 bits per heavy atom. The maximum absolute atomic E-state index is 13.3. The summed E-state index contributed by atoms with van der Waals surface area (Å²) in [7, 11) is 0. The number of imidazole rings is 1. The van der Waals surface area contributed by atoms with Crippen LogP contribution in [0.5, 0.6) is 0 Å². The highest BCUT2D eigenvalue weighted by molar-refractivity contribution is 5.70. The summed E-state index contributed by atoms with van der Waals surface area (Å²) in [5.41, 5.74) is 0.478. The average molecular weight is 222 g/mol. The molecule has 0 aliphatic heterocycles. The molecular formula is C11H8F2N2O. The zero-order valence-electron chi connectivity index (χ0n) is 8.23. The van der Waals surface area contributed by atoms with E-state index in [1.807, 2.05) is 0 Å². The van der Waals surface area contributed by atoms with Crippen LogP contribution in [-0.4, -0.2) is 15.8 Å². The largest absolute Gasteiger partial charge is 0.332 e. The van der Waals surface area contributed by atoms with Gasteiger partial charge in [0.05, 0.1) is 12.9 Å². The van der Waals surface area contributed by atoms with E-state index in [1.165, 1.54) is 17.1 Å². The zero-order chi connectivity index (χ0) is 11.5. The van der Waals surface area contributed by atoms with Crippen LogP contribution in [-0.2, 0) is 6.54 Å². The molecule has 0 saturated carbocycles. The first-order valence-electron chi connectivity index (χ1n) is 4.60. The van der Waals surface area contributed by atoms with Gasteiger partial charge in [0.25, 0.3) is 0 Å². The van der Waals surface area contributed by atoms with Crippen LogP contribution in [0.25, 0.3) is 0 Å². The molecule has 16 heavy (non-hydrogen) atoms. The smallest absolute Gasteiger partial charge is 0.169 e. The summed E-state index contributed by atoms with van der Waals surface area (Å²) in [5.74, 6) is -0.977. The summed E-state index contributed by atoms with van der Waals surface area (Å²) < 4.78 is 27.7. The van der Waals surface area contributed by atoms with E-state index < -0.39 is 11.6 Å². The molecule has 0 atom stereocenters. The molecule has 2 rings (SSSR count). The van der Waals surface area contributed by atoms with Gasteiger partial charge in [0.1, 0.15) is 17.3 Å². The van der Waals surface area contributed by atoms with E-state index >= 15 is 0 Å². The van der Waals surface area contributed by atoms with E-state index in [0.29, 0.717) is 6.29 Å². The molecule has 0 saturated heterocycles. The lowest BCUT2D eigenvalue weighted by atomic mass is 10.2. The van der Waals surface area contributed by atoms with Crippen LogP contribution in [0.4, 0.5) is 8.78 Å². The first-order chi connectivity index (χ1) is 7.69. The van der Waals surface area contributed by atoms with Crippen LogP contribution in [0.3, 0.4) is 0 Å². The summed E-state index contributed by atoms with van der Waals surface area (Å²) in [6, 6.07) is 3.25. The molecule has 0 amide bonds. The summed E-state index contributed by atoms with van der Waals surface area (Å²) in [5, 5.41) is 0. The third-order valence-electron chi connectivity index (χ3n) is 2.13. The second-order valence-corrected chi connectivity index (χ2v) is 3.32. The standard InChI is InChI=1S/C11H8F2N2O/c12-9-1-2-11(13)8(3-9)4-15-5-10(6-16)14-7-15/h1-3,5-7H,4H2. The number of carbonyl (C=O) groups is 1. The normalized spacial score (nSPS) is 10.4. The van der Waals surface area contributed by atoms with Gasteiger partial charge in [-0.15, -0.1) is 0 Å². The van der Waals surface area contributed by atoms with E-state index in [2.05, 4.69) is 4.98 Å². The molecule has 0 radical (unpaired) electrons. The van der Waals surface area contributed by atoms with E-state index in [-0.39, 0.29) is 17.8 Å². The van der Waals surface area contributed by atoms with E-state index in [1.54, 1.807) is 0 Å². The maximum atomic E-state index is 13.3. The molecule has 0 spiro atoms. The van der Waals surface area contributed by atoms with Crippen LogP contribution in [0.1, 0.15) is 16.1 Å². The zero-order valence-corrected chi connectivity index (χ0v) is 8.23. The Kier molecular flexibility index (Phi) is 2.76. The molecule has 1 aromatic heterocycles. The molecule has 0 N–H and O–H groups in total. The van der Waals surface area contributed by atoms with Crippen molar-refractivity contribution >= 4 is 6.29 Å². The van der Waals surface area contributed by atoms with E-state index in [9.17, 15) is 13.6 Å². The molecule has 0 unspecified atom stereocenters.